The number of hydrogen-bond donors (Lipinski definition) is 1. The summed E-state index contributed by atoms with van der Waals surface area (Å²) in [7, 11) is 0. The van der Waals surface area contributed by atoms with Crippen LogP contribution in [0.3, 0.4) is 0 Å². The van der Waals surface area contributed by atoms with Gasteiger partial charge in [0.25, 0.3) is 0 Å². The minimum absolute atomic E-state index is 0.129. The monoisotopic (exact) mass is 383 g/mol. The van der Waals surface area contributed by atoms with Crippen LogP contribution in [0, 0.1) is 13.8 Å². The molecule has 0 bridgehead atoms. The number of aryl methyl sites for hydroxylation is 2. The maximum atomic E-state index is 13.1. The van der Waals surface area contributed by atoms with Crippen molar-refractivity contribution in [3.63, 3.8) is 0 Å². The Kier molecular flexibility index (Phi) is 5.02. The molecule has 0 aliphatic carbocycles. The summed E-state index contributed by atoms with van der Waals surface area (Å²) in [4.78, 5) is 33.0. The number of likely N-dealkylation sites (tertiary alicyclic amines) is 1. The molecule has 3 amide bonds. The average Bonchev–Trinajstić information content (AvgIpc) is 3.32. The summed E-state index contributed by atoms with van der Waals surface area (Å²) in [5, 5.41) is 6.89. The highest BCUT2D eigenvalue weighted by Crippen LogP contribution is 2.32. The number of carbonyl (C=O) groups excluding carboxylic acids is 2. The van der Waals surface area contributed by atoms with E-state index in [2.05, 4.69) is 15.5 Å². The Morgan fingerprint density at radius 2 is 2.07 bits per heavy atom. The van der Waals surface area contributed by atoms with Crippen LogP contribution in [-0.2, 0) is 4.79 Å². The molecule has 0 unspecified atom stereocenters. The molecule has 2 fully saturated rings. The molecule has 8 nitrogen and oxygen atoms in total. The van der Waals surface area contributed by atoms with Crippen LogP contribution in [0.25, 0.3) is 0 Å². The molecule has 1 aromatic carbocycles. The van der Waals surface area contributed by atoms with Crippen LogP contribution in [0.1, 0.15) is 55.4 Å². The van der Waals surface area contributed by atoms with Crippen LogP contribution in [0.4, 0.5) is 16.2 Å². The molecule has 0 spiro atoms. The lowest BCUT2D eigenvalue weighted by atomic mass is 10.0. The van der Waals surface area contributed by atoms with Gasteiger partial charge in [0.15, 0.2) is 5.82 Å². The summed E-state index contributed by atoms with van der Waals surface area (Å²) in [5.74, 6) is 1.18. The van der Waals surface area contributed by atoms with Gasteiger partial charge in [-0.2, -0.15) is 4.98 Å². The first-order valence-corrected chi connectivity index (χ1v) is 9.82. The van der Waals surface area contributed by atoms with E-state index in [1.807, 2.05) is 25.1 Å². The molecule has 148 valence electrons. The maximum Gasteiger partial charge on any atom is 0.322 e. The number of anilines is 2. The number of carbonyl (C=O) groups is 2. The molecular formula is C20H25N5O3. The highest BCUT2D eigenvalue weighted by atomic mass is 16.5. The van der Waals surface area contributed by atoms with Crippen LogP contribution in [-0.4, -0.2) is 40.1 Å². The molecule has 0 radical (unpaired) electrons. The minimum atomic E-state index is -0.210. The molecule has 28 heavy (non-hydrogen) atoms. The summed E-state index contributed by atoms with van der Waals surface area (Å²) in [6.45, 7) is 5.08. The van der Waals surface area contributed by atoms with Crippen LogP contribution < -0.4 is 10.2 Å². The van der Waals surface area contributed by atoms with Gasteiger partial charge in [-0.25, -0.2) is 4.79 Å². The lowest BCUT2D eigenvalue weighted by Gasteiger charge is -2.33. The zero-order valence-corrected chi connectivity index (χ0v) is 16.3. The van der Waals surface area contributed by atoms with Gasteiger partial charge in [-0.15, -0.1) is 0 Å². The third kappa shape index (κ3) is 3.58. The van der Waals surface area contributed by atoms with E-state index >= 15 is 0 Å². The van der Waals surface area contributed by atoms with Crippen molar-refractivity contribution in [2.24, 2.45) is 0 Å². The number of amides is 3. The normalized spacial score (nSPS) is 19.9. The fourth-order valence-electron chi connectivity index (χ4n) is 3.90. The van der Waals surface area contributed by atoms with Crippen LogP contribution in [0.5, 0.6) is 0 Å². The van der Waals surface area contributed by atoms with E-state index in [0.29, 0.717) is 30.4 Å². The summed E-state index contributed by atoms with van der Waals surface area (Å²) in [6.07, 6.45) is 4.21. The van der Waals surface area contributed by atoms with Gasteiger partial charge in [0.1, 0.15) is 6.04 Å². The topological polar surface area (TPSA) is 91.6 Å². The predicted molar refractivity (Wildman–Crippen MR) is 104 cm³/mol. The second-order valence-electron chi connectivity index (χ2n) is 7.46. The van der Waals surface area contributed by atoms with Gasteiger partial charge in [0.05, 0.1) is 0 Å². The largest absolute Gasteiger partial charge is 0.337 e. The molecular weight excluding hydrogens is 358 g/mol. The Hall–Kier alpha value is -2.90. The fourth-order valence-corrected chi connectivity index (χ4v) is 3.90. The number of aromatic nitrogens is 2. The lowest BCUT2D eigenvalue weighted by molar-refractivity contribution is -0.117. The third-order valence-electron chi connectivity index (χ3n) is 5.44. The van der Waals surface area contributed by atoms with Gasteiger partial charge in [-0.1, -0.05) is 11.2 Å². The Labute approximate surface area is 163 Å². The van der Waals surface area contributed by atoms with Crippen molar-refractivity contribution in [1.82, 2.24) is 15.0 Å². The first-order chi connectivity index (χ1) is 13.5. The number of piperidine rings is 1. The van der Waals surface area contributed by atoms with Gasteiger partial charge in [0.2, 0.25) is 11.8 Å². The van der Waals surface area contributed by atoms with Crippen LogP contribution in [0.15, 0.2) is 22.7 Å². The van der Waals surface area contributed by atoms with E-state index in [1.54, 1.807) is 16.7 Å². The van der Waals surface area contributed by atoms with Crippen molar-refractivity contribution >= 4 is 23.3 Å². The molecule has 1 N–H and O–H groups in total. The Morgan fingerprint density at radius 1 is 1.21 bits per heavy atom. The Balaban J connectivity index is 1.54. The molecule has 2 aliphatic heterocycles. The number of nitrogens with one attached hydrogen (secondary N) is 1. The SMILES string of the molecule is Cc1noc([C@H]2CCCCN2C(=O)Nc2cc(N3CCCC3=O)ccc2C)n1. The second kappa shape index (κ2) is 7.61. The summed E-state index contributed by atoms with van der Waals surface area (Å²) >= 11 is 0. The highest BCUT2D eigenvalue weighted by molar-refractivity contribution is 5.97. The number of benzene rings is 1. The molecule has 2 aliphatic rings. The molecule has 2 aromatic rings. The van der Waals surface area contributed by atoms with Crippen molar-refractivity contribution in [3.05, 3.63) is 35.5 Å². The number of urea groups is 1. The summed E-state index contributed by atoms with van der Waals surface area (Å²) < 4.78 is 5.33. The van der Waals surface area contributed by atoms with Crippen molar-refractivity contribution < 1.29 is 14.1 Å². The molecule has 2 saturated heterocycles. The zero-order chi connectivity index (χ0) is 19.7. The molecule has 3 heterocycles. The van der Waals surface area contributed by atoms with E-state index in [9.17, 15) is 9.59 Å². The number of rotatable bonds is 3. The molecule has 1 atom stereocenters. The number of nitrogens with zero attached hydrogens (tertiary/aromatic N) is 4. The van der Waals surface area contributed by atoms with Gasteiger partial charge in [0, 0.05) is 30.9 Å². The quantitative estimate of drug-likeness (QED) is 0.875. The summed E-state index contributed by atoms with van der Waals surface area (Å²) in [6, 6.07) is 5.35. The first-order valence-electron chi connectivity index (χ1n) is 9.82. The molecule has 8 heteroatoms. The van der Waals surface area contributed by atoms with Crippen LogP contribution in [0.2, 0.25) is 0 Å². The van der Waals surface area contributed by atoms with Gasteiger partial charge in [-0.05, 0) is 57.2 Å². The third-order valence-corrected chi connectivity index (χ3v) is 5.44. The Bertz CT molecular complexity index is 894. The number of hydrogen-bond acceptors (Lipinski definition) is 5. The van der Waals surface area contributed by atoms with E-state index < -0.39 is 0 Å². The van der Waals surface area contributed by atoms with Crippen molar-refractivity contribution in [3.8, 4) is 0 Å². The predicted octanol–water partition coefficient (Wildman–Crippen LogP) is 3.57. The van der Waals surface area contributed by atoms with Crippen LogP contribution >= 0.6 is 0 Å². The van der Waals surface area contributed by atoms with Gasteiger partial charge in [-0.3, -0.25) is 4.79 Å². The molecule has 4 rings (SSSR count). The van der Waals surface area contributed by atoms with E-state index in [-0.39, 0.29) is 18.0 Å². The van der Waals surface area contributed by atoms with E-state index in [4.69, 9.17) is 4.52 Å². The van der Waals surface area contributed by atoms with Gasteiger partial charge < -0.3 is 19.6 Å². The standard InChI is InChI=1S/C20H25N5O3/c1-13-8-9-15(24-11-5-7-18(24)26)12-16(13)22-20(27)25-10-4-3-6-17(25)19-21-14(2)23-28-19/h8-9,12,17H,3-7,10-11H2,1-2H3,(H,22,27)/t17-/m1/s1. The van der Waals surface area contributed by atoms with Crippen molar-refractivity contribution in [1.29, 1.82) is 0 Å². The zero-order valence-electron chi connectivity index (χ0n) is 16.3. The molecule has 1 aromatic heterocycles. The second-order valence-corrected chi connectivity index (χ2v) is 7.46. The summed E-state index contributed by atoms with van der Waals surface area (Å²) in [5.41, 5.74) is 2.49. The van der Waals surface area contributed by atoms with Crippen molar-refractivity contribution in [2.75, 3.05) is 23.3 Å². The van der Waals surface area contributed by atoms with Crippen molar-refractivity contribution in [2.45, 2.75) is 52.0 Å². The first kappa shape index (κ1) is 18.5. The highest BCUT2D eigenvalue weighted by Gasteiger charge is 2.32. The minimum Gasteiger partial charge on any atom is -0.337 e. The van der Waals surface area contributed by atoms with Gasteiger partial charge >= 0.3 is 6.03 Å². The maximum absolute atomic E-state index is 13.1. The van der Waals surface area contributed by atoms with E-state index in [1.165, 1.54) is 0 Å². The van der Waals surface area contributed by atoms with E-state index in [0.717, 1.165) is 43.5 Å². The Morgan fingerprint density at radius 3 is 2.79 bits per heavy atom. The fraction of sp³-hybridized carbons (Fsp3) is 0.500. The lowest BCUT2D eigenvalue weighted by Crippen LogP contribution is -2.41. The smallest absolute Gasteiger partial charge is 0.322 e. The molecule has 0 saturated carbocycles. The average molecular weight is 383 g/mol.